The molecule has 3 N–H and O–H groups in total. The number of hydrogen-bond acceptors (Lipinski definition) is 3. The van der Waals surface area contributed by atoms with E-state index in [9.17, 15) is 5.11 Å². The maximum atomic E-state index is 9.37. The molecule has 14 heavy (non-hydrogen) atoms. The highest BCUT2D eigenvalue weighted by atomic mass is 16.5. The van der Waals surface area contributed by atoms with Gasteiger partial charge in [0, 0.05) is 5.56 Å². The van der Waals surface area contributed by atoms with Crippen LogP contribution >= 0.6 is 0 Å². The fraction of sp³-hybridized carbons (Fsp3) is 0.455. The molecule has 0 aromatic heterocycles. The summed E-state index contributed by atoms with van der Waals surface area (Å²) in [7, 11) is 0. The van der Waals surface area contributed by atoms with E-state index in [0.717, 1.165) is 11.3 Å². The molecule has 1 aromatic rings. The van der Waals surface area contributed by atoms with Crippen LogP contribution in [0.15, 0.2) is 24.3 Å². The number of aliphatic hydroxyl groups excluding tert-OH is 1. The second-order valence-electron chi connectivity index (χ2n) is 2.94. The average molecular weight is 195 g/mol. The van der Waals surface area contributed by atoms with Crippen molar-refractivity contribution in [2.24, 2.45) is 5.73 Å². The second kappa shape index (κ2) is 4.98. The topological polar surface area (TPSA) is 55.5 Å². The molecule has 0 saturated heterocycles. The van der Waals surface area contributed by atoms with Crippen LogP contribution in [0.3, 0.4) is 0 Å². The van der Waals surface area contributed by atoms with Crippen LogP contribution < -0.4 is 10.5 Å². The summed E-state index contributed by atoms with van der Waals surface area (Å²) >= 11 is 0. The highest BCUT2D eigenvalue weighted by Crippen LogP contribution is 2.29. The maximum absolute atomic E-state index is 9.37. The molecule has 0 fully saturated rings. The molecule has 0 radical (unpaired) electrons. The fourth-order valence-electron chi connectivity index (χ4n) is 1.37. The second-order valence-corrected chi connectivity index (χ2v) is 2.94. The van der Waals surface area contributed by atoms with E-state index in [1.165, 1.54) is 0 Å². The van der Waals surface area contributed by atoms with Gasteiger partial charge in [0.25, 0.3) is 0 Å². The average Bonchev–Trinajstić information content (AvgIpc) is 2.27. The van der Waals surface area contributed by atoms with Gasteiger partial charge in [-0.05, 0) is 6.07 Å². The maximum Gasteiger partial charge on any atom is 0.124 e. The van der Waals surface area contributed by atoms with Crippen molar-refractivity contribution in [2.75, 3.05) is 6.61 Å². The predicted octanol–water partition coefficient (Wildman–Crippen LogP) is 1.47. The van der Waals surface area contributed by atoms with Gasteiger partial charge in [0.2, 0.25) is 0 Å². The molecule has 0 bridgehead atoms. The summed E-state index contributed by atoms with van der Waals surface area (Å²) in [5.41, 5.74) is 6.65. The summed E-state index contributed by atoms with van der Waals surface area (Å²) in [6.45, 7) is 4.29. The Labute approximate surface area is 84.5 Å². The minimum absolute atomic E-state index is 0.290. The first-order valence-electron chi connectivity index (χ1n) is 4.94. The molecule has 0 saturated carbocycles. The van der Waals surface area contributed by atoms with Gasteiger partial charge in [-0.25, -0.2) is 0 Å². The monoisotopic (exact) mass is 195 g/mol. The number of benzene rings is 1. The summed E-state index contributed by atoms with van der Waals surface area (Å²) in [5.74, 6) is 0.787. The van der Waals surface area contributed by atoms with Crippen LogP contribution in [0.5, 0.6) is 5.75 Å². The molecule has 2 unspecified atom stereocenters. The molecule has 1 aromatic carbocycles. The lowest BCUT2D eigenvalue weighted by Gasteiger charge is -2.27. The molecule has 78 valence electrons. The van der Waals surface area contributed by atoms with Crippen LogP contribution in [0, 0.1) is 0 Å². The zero-order valence-electron chi connectivity index (χ0n) is 8.60. The third-order valence-corrected chi connectivity index (χ3v) is 2.10. The quantitative estimate of drug-likeness (QED) is 0.659. The molecule has 1 aliphatic rings. The lowest BCUT2D eigenvalue weighted by Crippen LogP contribution is -2.35. The Bertz CT molecular complexity index is 288. The van der Waals surface area contributed by atoms with Gasteiger partial charge in [-0.1, -0.05) is 32.0 Å². The Balaban J connectivity index is 0.000000461. The lowest BCUT2D eigenvalue weighted by molar-refractivity contribution is 0.0679. The van der Waals surface area contributed by atoms with E-state index < -0.39 is 6.10 Å². The van der Waals surface area contributed by atoms with E-state index in [0.29, 0.717) is 0 Å². The van der Waals surface area contributed by atoms with E-state index in [2.05, 4.69) is 0 Å². The van der Waals surface area contributed by atoms with Crippen LogP contribution in [-0.2, 0) is 0 Å². The van der Waals surface area contributed by atoms with E-state index in [-0.39, 0.29) is 12.6 Å². The van der Waals surface area contributed by atoms with Gasteiger partial charge < -0.3 is 15.6 Å². The van der Waals surface area contributed by atoms with Gasteiger partial charge in [-0.3, -0.25) is 0 Å². The number of hydrogen-bond donors (Lipinski definition) is 2. The molecular formula is C11H17NO2. The molecule has 0 aliphatic carbocycles. The number of aliphatic hydroxyl groups is 1. The van der Waals surface area contributed by atoms with Gasteiger partial charge in [-0.15, -0.1) is 0 Å². The summed E-state index contributed by atoms with van der Waals surface area (Å²) < 4.78 is 5.28. The molecule has 0 amide bonds. The Morgan fingerprint density at radius 2 is 2.00 bits per heavy atom. The number of para-hydroxylation sites is 1. The van der Waals surface area contributed by atoms with Crippen LogP contribution in [0.1, 0.15) is 25.5 Å². The summed E-state index contributed by atoms with van der Waals surface area (Å²) in [6, 6.07) is 7.21. The number of fused-ring (bicyclic) bond motifs is 1. The summed E-state index contributed by atoms with van der Waals surface area (Å²) in [4.78, 5) is 0. The van der Waals surface area contributed by atoms with Crippen molar-refractivity contribution in [2.45, 2.75) is 26.0 Å². The van der Waals surface area contributed by atoms with Gasteiger partial charge in [0.05, 0.1) is 6.04 Å². The van der Waals surface area contributed by atoms with Crippen molar-refractivity contribution < 1.29 is 9.84 Å². The van der Waals surface area contributed by atoms with Gasteiger partial charge in [0.15, 0.2) is 0 Å². The molecule has 0 spiro atoms. The van der Waals surface area contributed by atoms with Crippen LogP contribution in [0.4, 0.5) is 0 Å². The molecule has 1 aliphatic heterocycles. The third kappa shape index (κ3) is 2.05. The zero-order chi connectivity index (χ0) is 10.6. The standard InChI is InChI=1S/C9H11NO2.C2H6/c10-9-6-3-1-2-4-8(6)12-5-7(9)11;1-2/h1-4,7,9,11H,5,10H2;1-2H3. The molecule has 2 atom stereocenters. The van der Waals surface area contributed by atoms with Crippen LogP contribution in [-0.4, -0.2) is 17.8 Å². The Kier molecular flexibility index (Phi) is 3.92. The first-order valence-corrected chi connectivity index (χ1v) is 4.94. The Morgan fingerprint density at radius 3 is 2.71 bits per heavy atom. The summed E-state index contributed by atoms with van der Waals surface area (Å²) in [6.07, 6.45) is -0.583. The number of rotatable bonds is 0. The molecule has 3 nitrogen and oxygen atoms in total. The van der Waals surface area contributed by atoms with Gasteiger partial charge in [0.1, 0.15) is 18.5 Å². The number of ether oxygens (including phenoxy) is 1. The smallest absolute Gasteiger partial charge is 0.124 e. The van der Waals surface area contributed by atoms with Gasteiger partial charge >= 0.3 is 0 Å². The normalized spacial score (nSPS) is 24.0. The Morgan fingerprint density at radius 1 is 1.36 bits per heavy atom. The molecule has 1 heterocycles. The largest absolute Gasteiger partial charge is 0.490 e. The first kappa shape index (κ1) is 11.0. The van der Waals surface area contributed by atoms with Crippen molar-refractivity contribution >= 4 is 0 Å². The van der Waals surface area contributed by atoms with Crippen molar-refractivity contribution in [3.8, 4) is 5.75 Å². The van der Waals surface area contributed by atoms with Crippen molar-refractivity contribution in [3.63, 3.8) is 0 Å². The minimum atomic E-state index is -0.583. The van der Waals surface area contributed by atoms with E-state index in [1.54, 1.807) is 0 Å². The lowest BCUT2D eigenvalue weighted by atomic mass is 9.99. The van der Waals surface area contributed by atoms with Crippen molar-refractivity contribution in [3.05, 3.63) is 29.8 Å². The zero-order valence-corrected chi connectivity index (χ0v) is 8.60. The van der Waals surface area contributed by atoms with E-state index in [4.69, 9.17) is 10.5 Å². The van der Waals surface area contributed by atoms with Crippen molar-refractivity contribution in [1.29, 1.82) is 0 Å². The SMILES string of the molecule is CC.NC1c2ccccc2OCC1O. The van der Waals surface area contributed by atoms with E-state index >= 15 is 0 Å². The predicted molar refractivity (Wildman–Crippen MR) is 56.2 cm³/mol. The highest BCUT2D eigenvalue weighted by Gasteiger charge is 2.25. The van der Waals surface area contributed by atoms with Crippen molar-refractivity contribution in [1.82, 2.24) is 0 Å². The summed E-state index contributed by atoms with van der Waals surface area (Å²) in [5, 5.41) is 9.37. The third-order valence-electron chi connectivity index (χ3n) is 2.10. The fourth-order valence-corrected chi connectivity index (χ4v) is 1.37. The molecule has 2 rings (SSSR count). The van der Waals surface area contributed by atoms with Crippen LogP contribution in [0.2, 0.25) is 0 Å². The number of nitrogens with two attached hydrogens (primary N) is 1. The highest BCUT2D eigenvalue weighted by molar-refractivity contribution is 5.37. The minimum Gasteiger partial charge on any atom is -0.490 e. The molecule has 3 heteroatoms. The van der Waals surface area contributed by atoms with Gasteiger partial charge in [-0.2, -0.15) is 0 Å². The van der Waals surface area contributed by atoms with E-state index in [1.807, 2.05) is 38.1 Å². The Hall–Kier alpha value is -1.06. The van der Waals surface area contributed by atoms with Crippen LogP contribution in [0.25, 0.3) is 0 Å². The molecular weight excluding hydrogens is 178 g/mol. The first-order chi connectivity index (χ1) is 6.79.